The molecule has 0 radical (unpaired) electrons. The van der Waals surface area contributed by atoms with Crippen molar-refractivity contribution in [1.29, 1.82) is 0 Å². The quantitative estimate of drug-likeness (QED) is 0.889. The van der Waals surface area contributed by atoms with Gasteiger partial charge in [0.2, 0.25) is 0 Å². The number of ether oxygens (including phenoxy) is 3. The number of halogens is 1. The summed E-state index contributed by atoms with van der Waals surface area (Å²) in [6, 6.07) is 3.78. The van der Waals surface area contributed by atoms with Gasteiger partial charge in [-0.1, -0.05) is 6.92 Å². The van der Waals surface area contributed by atoms with Crippen LogP contribution in [0.25, 0.3) is 0 Å². The van der Waals surface area contributed by atoms with Crippen LogP contribution in [0, 0.1) is 5.92 Å². The Morgan fingerprint density at radius 2 is 2.10 bits per heavy atom. The van der Waals surface area contributed by atoms with Crippen LogP contribution in [0.5, 0.6) is 11.5 Å². The Morgan fingerprint density at radius 1 is 1.35 bits per heavy atom. The normalized spacial score (nSPS) is 17.4. The fourth-order valence-corrected chi connectivity index (χ4v) is 2.79. The highest BCUT2D eigenvalue weighted by Gasteiger charge is 2.21. The Balaban J connectivity index is 2.20. The number of aliphatic hydroxyl groups excluding tert-OH is 1. The Bertz CT molecular complexity index is 450. The van der Waals surface area contributed by atoms with E-state index >= 15 is 0 Å². The van der Waals surface area contributed by atoms with Crippen LogP contribution in [0.4, 0.5) is 0 Å². The van der Waals surface area contributed by atoms with E-state index in [0.29, 0.717) is 25.6 Å². The molecule has 1 aromatic carbocycles. The predicted molar refractivity (Wildman–Crippen MR) is 80.4 cm³/mol. The first-order chi connectivity index (χ1) is 9.63. The lowest BCUT2D eigenvalue weighted by molar-refractivity contribution is 0.0883. The van der Waals surface area contributed by atoms with E-state index in [-0.39, 0.29) is 5.92 Å². The Morgan fingerprint density at radius 3 is 2.85 bits per heavy atom. The maximum Gasteiger partial charge on any atom is 0.175 e. The average Bonchev–Trinajstić information content (AvgIpc) is 2.69. The number of benzene rings is 1. The average molecular weight is 345 g/mol. The number of hydrogen-bond acceptors (Lipinski definition) is 4. The van der Waals surface area contributed by atoms with Crippen LogP contribution in [0.1, 0.15) is 31.4 Å². The molecule has 0 spiro atoms. The van der Waals surface area contributed by atoms with Crippen molar-refractivity contribution in [2.24, 2.45) is 5.92 Å². The molecule has 0 bridgehead atoms. The molecule has 1 aromatic rings. The van der Waals surface area contributed by atoms with Gasteiger partial charge in [-0.25, -0.2) is 0 Å². The molecule has 20 heavy (non-hydrogen) atoms. The van der Waals surface area contributed by atoms with Crippen molar-refractivity contribution in [3.8, 4) is 11.5 Å². The van der Waals surface area contributed by atoms with Gasteiger partial charge < -0.3 is 19.3 Å². The molecule has 0 saturated carbocycles. The van der Waals surface area contributed by atoms with Gasteiger partial charge in [-0.05, 0) is 46.0 Å². The molecule has 0 aromatic heterocycles. The van der Waals surface area contributed by atoms with Crippen molar-refractivity contribution in [1.82, 2.24) is 0 Å². The van der Waals surface area contributed by atoms with Crippen LogP contribution in [-0.4, -0.2) is 32.0 Å². The summed E-state index contributed by atoms with van der Waals surface area (Å²) in [6.45, 7) is 3.94. The summed E-state index contributed by atoms with van der Waals surface area (Å²) in [5, 5.41) is 10.4. The van der Waals surface area contributed by atoms with Crippen LogP contribution in [0.15, 0.2) is 16.6 Å². The molecule has 2 atom stereocenters. The van der Waals surface area contributed by atoms with Gasteiger partial charge in [-0.15, -0.1) is 0 Å². The first-order valence-electron chi connectivity index (χ1n) is 6.89. The molecule has 4 nitrogen and oxygen atoms in total. The lowest BCUT2D eigenvalue weighted by Crippen LogP contribution is -2.12. The molecule has 1 N–H and O–H groups in total. The van der Waals surface area contributed by atoms with Crippen LogP contribution < -0.4 is 9.47 Å². The largest absolute Gasteiger partial charge is 0.490 e. The summed E-state index contributed by atoms with van der Waals surface area (Å²) in [5.74, 6) is 1.54. The first-order valence-corrected chi connectivity index (χ1v) is 7.69. The van der Waals surface area contributed by atoms with E-state index < -0.39 is 6.10 Å². The molecule has 1 heterocycles. The van der Waals surface area contributed by atoms with Crippen molar-refractivity contribution in [3.63, 3.8) is 0 Å². The smallest absolute Gasteiger partial charge is 0.175 e. The molecule has 1 aliphatic heterocycles. The fourth-order valence-electron chi connectivity index (χ4n) is 2.21. The third kappa shape index (κ3) is 3.65. The highest BCUT2D eigenvalue weighted by atomic mass is 79.9. The van der Waals surface area contributed by atoms with Gasteiger partial charge >= 0.3 is 0 Å². The zero-order valence-electron chi connectivity index (χ0n) is 11.9. The van der Waals surface area contributed by atoms with E-state index in [9.17, 15) is 5.11 Å². The van der Waals surface area contributed by atoms with E-state index in [0.717, 1.165) is 28.6 Å². The molecule has 0 amide bonds. The summed E-state index contributed by atoms with van der Waals surface area (Å²) >= 11 is 3.50. The molecule has 112 valence electrons. The molecule has 2 rings (SSSR count). The Hall–Kier alpha value is -0.780. The summed E-state index contributed by atoms with van der Waals surface area (Å²) in [4.78, 5) is 0. The van der Waals surface area contributed by atoms with Gasteiger partial charge in [-0.2, -0.15) is 0 Å². The minimum Gasteiger partial charge on any atom is -0.490 e. The van der Waals surface area contributed by atoms with Crippen LogP contribution in [-0.2, 0) is 4.74 Å². The minimum atomic E-state index is -0.543. The van der Waals surface area contributed by atoms with Crippen molar-refractivity contribution in [2.75, 3.05) is 26.9 Å². The van der Waals surface area contributed by atoms with Crippen molar-refractivity contribution in [2.45, 2.75) is 25.9 Å². The van der Waals surface area contributed by atoms with Gasteiger partial charge in [0.25, 0.3) is 0 Å². The van der Waals surface area contributed by atoms with Crippen LogP contribution in [0.3, 0.4) is 0 Å². The SMILES string of the molecule is COCCC(C)C(O)c1cc(Br)c2c(c1)OCCCO2. The number of hydrogen-bond donors (Lipinski definition) is 1. The third-order valence-corrected chi connectivity index (χ3v) is 4.07. The second-order valence-electron chi connectivity index (χ2n) is 5.08. The lowest BCUT2D eigenvalue weighted by atomic mass is 9.94. The molecule has 1 aliphatic rings. The van der Waals surface area contributed by atoms with E-state index in [4.69, 9.17) is 14.2 Å². The molecule has 5 heteroatoms. The van der Waals surface area contributed by atoms with E-state index in [1.165, 1.54) is 0 Å². The van der Waals surface area contributed by atoms with Crippen molar-refractivity contribution >= 4 is 15.9 Å². The van der Waals surface area contributed by atoms with Crippen molar-refractivity contribution in [3.05, 3.63) is 22.2 Å². The Labute approximate surface area is 128 Å². The fraction of sp³-hybridized carbons (Fsp3) is 0.600. The maximum absolute atomic E-state index is 10.4. The number of rotatable bonds is 5. The van der Waals surface area contributed by atoms with Gasteiger partial charge in [0.15, 0.2) is 11.5 Å². The standard InChI is InChI=1S/C15H21BrO4/c1-10(4-7-18-2)14(17)11-8-12(16)15-13(9-11)19-5-3-6-20-15/h8-10,14,17H,3-7H2,1-2H3. The molecular weight excluding hydrogens is 324 g/mol. The van der Waals surface area contributed by atoms with Gasteiger partial charge in [-0.3, -0.25) is 0 Å². The summed E-state index contributed by atoms with van der Waals surface area (Å²) in [6.07, 6.45) is 1.13. The molecule has 0 fully saturated rings. The molecule has 0 aliphatic carbocycles. The summed E-state index contributed by atoms with van der Waals surface area (Å²) in [5.41, 5.74) is 0.838. The van der Waals surface area contributed by atoms with E-state index in [1.54, 1.807) is 7.11 Å². The monoisotopic (exact) mass is 344 g/mol. The highest BCUT2D eigenvalue weighted by Crippen LogP contribution is 2.40. The predicted octanol–water partition coefficient (Wildman–Crippen LogP) is 3.32. The van der Waals surface area contributed by atoms with Crippen LogP contribution in [0.2, 0.25) is 0 Å². The van der Waals surface area contributed by atoms with E-state index in [1.807, 2.05) is 19.1 Å². The van der Waals surface area contributed by atoms with E-state index in [2.05, 4.69) is 15.9 Å². The first kappa shape index (κ1) is 15.6. The lowest BCUT2D eigenvalue weighted by Gasteiger charge is -2.20. The zero-order valence-corrected chi connectivity index (χ0v) is 13.5. The molecular formula is C15H21BrO4. The van der Waals surface area contributed by atoms with Gasteiger partial charge in [0.05, 0.1) is 23.8 Å². The second-order valence-corrected chi connectivity index (χ2v) is 5.94. The second kappa shape index (κ2) is 7.29. The summed E-state index contributed by atoms with van der Waals surface area (Å²) in [7, 11) is 1.67. The minimum absolute atomic E-state index is 0.117. The zero-order chi connectivity index (χ0) is 14.5. The maximum atomic E-state index is 10.4. The van der Waals surface area contributed by atoms with Gasteiger partial charge in [0, 0.05) is 20.1 Å². The van der Waals surface area contributed by atoms with Gasteiger partial charge in [0.1, 0.15) is 0 Å². The summed E-state index contributed by atoms with van der Waals surface area (Å²) < 4.78 is 17.2. The highest BCUT2D eigenvalue weighted by molar-refractivity contribution is 9.10. The third-order valence-electron chi connectivity index (χ3n) is 3.48. The molecule has 2 unspecified atom stereocenters. The Kier molecular flexibility index (Phi) is 5.69. The number of methoxy groups -OCH3 is 1. The van der Waals surface area contributed by atoms with Crippen molar-refractivity contribution < 1.29 is 19.3 Å². The topological polar surface area (TPSA) is 47.9 Å². The number of fused-ring (bicyclic) bond motifs is 1. The molecule has 0 saturated heterocycles. The number of aliphatic hydroxyl groups is 1. The van der Waals surface area contributed by atoms with Crippen LogP contribution >= 0.6 is 15.9 Å².